The molecular formula is C17H17FN4. The summed E-state index contributed by atoms with van der Waals surface area (Å²) in [5.74, 6) is 0.0654. The molecule has 4 nitrogen and oxygen atoms in total. The van der Waals surface area contributed by atoms with Gasteiger partial charge in [0.15, 0.2) is 0 Å². The number of pyridine rings is 1. The molecule has 22 heavy (non-hydrogen) atoms. The average molecular weight is 296 g/mol. The van der Waals surface area contributed by atoms with Crippen LogP contribution in [0.1, 0.15) is 18.2 Å². The third-order valence-electron chi connectivity index (χ3n) is 3.83. The maximum Gasteiger partial charge on any atom is 0.130 e. The van der Waals surface area contributed by atoms with E-state index < -0.39 is 0 Å². The lowest BCUT2D eigenvalue weighted by molar-refractivity contribution is 0.600. The van der Waals surface area contributed by atoms with Gasteiger partial charge in [-0.15, -0.1) is 0 Å². The lowest BCUT2D eigenvalue weighted by Crippen LogP contribution is -2.24. The molecule has 0 saturated heterocycles. The van der Waals surface area contributed by atoms with Crippen molar-refractivity contribution in [1.29, 1.82) is 10.8 Å². The van der Waals surface area contributed by atoms with Crippen LogP contribution in [0.25, 0.3) is 11.0 Å². The molecule has 0 atom stereocenters. The monoisotopic (exact) mass is 296 g/mol. The van der Waals surface area contributed by atoms with Crippen molar-refractivity contribution in [2.45, 2.75) is 20.4 Å². The van der Waals surface area contributed by atoms with Gasteiger partial charge >= 0.3 is 0 Å². The Hall–Kier alpha value is -2.69. The van der Waals surface area contributed by atoms with Crippen LogP contribution in [0.3, 0.4) is 0 Å². The summed E-state index contributed by atoms with van der Waals surface area (Å²) >= 11 is 0. The van der Waals surface area contributed by atoms with Gasteiger partial charge < -0.3 is 4.57 Å². The van der Waals surface area contributed by atoms with Crippen LogP contribution < -0.4 is 5.49 Å². The minimum Gasteiger partial charge on any atom is -0.339 e. The van der Waals surface area contributed by atoms with E-state index in [0.717, 1.165) is 16.7 Å². The van der Waals surface area contributed by atoms with Gasteiger partial charge in [-0.05, 0) is 38.1 Å². The van der Waals surface area contributed by atoms with Crippen molar-refractivity contribution in [2.75, 3.05) is 0 Å². The molecule has 0 fully saturated rings. The summed E-state index contributed by atoms with van der Waals surface area (Å²) in [5.41, 5.74) is 3.55. The minimum atomic E-state index is -0.225. The van der Waals surface area contributed by atoms with Crippen LogP contribution in [0.15, 0.2) is 42.5 Å². The number of rotatable bonds is 2. The normalized spacial score (nSPS) is 11.0. The number of hydrogen-bond acceptors (Lipinski definition) is 2. The third-order valence-corrected chi connectivity index (χ3v) is 3.83. The molecule has 2 heterocycles. The van der Waals surface area contributed by atoms with Crippen molar-refractivity contribution < 1.29 is 4.39 Å². The van der Waals surface area contributed by atoms with Crippen LogP contribution in [0.4, 0.5) is 4.39 Å². The summed E-state index contributed by atoms with van der Waals surface area (Å²) in [5, 5.41) is 15.8. The lowest BCUT2D eigenvalue weighted by atomic mass is 10.2. The maximum absolute atomic E-state index is 13.9. The number of nitrogens with one attached hydrogen (secondary N) is 2. The first-order chi connectivity index (χ1) is 10.5. The summed E-state index contributed by atoms with van der Waals surface area (Å²) in [4.78, 5) is 0. The van der Waals surface area contributed by atoms with Gasteiger partial charge in [0.2, 0.25) is 0 Å². The zero-order valence-corrected chi connectivity index (χ0v) is 12.5. The van der Waals surface area contributed by atoms with E-state index in [1.807, 2.05) is 29.7 Å². The first-order valence-electron chi connectivity index (χ1n) is 7.04. The number of fused-ring (bicyclic) bond motifs is 1. The molecule has 5 heteroatoms. The van der Waals surface area contributed by atoms with E-state index in [9.17, 15) is 4.39 Å². The fraction of sp³-hybridized carbons (Fsp3) is 0.176. The Balaban J connectivity index is 2.22. The number of aromatic nitrogens is 2. The second-order valence-electron chi connectivity index (χ2n) is 5.37. The largest absolute Gasteiger partial charge is 0.339 e. The molecule has 2 N–H and O–H groups in total. The van der Waals surface area contributed by atoms with Gasteiger partial charge in [-0.2, -0.15) is 0 Å². The highest BCUT2D eigenvalue weighted by Gasteiger charge is 2.12. The van der Waals surface area contributed by atoms with Crippen molar-refractivity contribution in [3.05, 3.63) is 65.0 Å². The quantitative estimate of drug-likeness (QED) is 0.539. The molecule has 0 spiro atoms. The fourth-order valence-electron chi connectivity index (χ4n) is 2.76. The van der Waals surface area contributed by atoms with Gasteiger partial charge in [-0.1, -0.05) is 18.2 Å². The first kappa shape index (κ1) is 14.3. The van der Waals surface area contributed by atoms with Crippen molar-refractivity contribution in [3.63, 3.8) is 0 Å². The minimum absolute atomic E-state index is 0.225. The molecule has 0 amide bonds. The van der Waals surface area contributed by atoms with Crippen molar-refractivity contribution in [2.24, 2.45) is 0 Å². The molecule has 2 aromatic heterocycles. The number of halogens is 1. The Morgan fingerprint density at radius 2 is 1.86 bits per heavy atom. The summed E-state index contributed by atoms with van der Waals surface area (Å²) < 4.78 is 17.5. The summed E-state index contributed by atoms with van der Waals surface area (Å²) in [6.07, 6.45) is 0. The molecule has 0 unspecified atom stereocenters. The van der Waals surface area contributed by atoms with Crippen LogP contribution in [0, 0.1) is 23.6 Å². The van der Waals surface area contributed by atoms with Crippen LogP contribution in [-0.2, 0) is 6.54 Å². The van der Waals surface area contributed by atoms with Gasteiger partial charge in [-0.3, -0.25) is 15.4 Å². The molecule has 3 aromatic rings. The van der Waals surface area contributed by atoms with Gasteiger partial charge in [0, 0.05) is 11.3 Å². The van der Waals surface area contributed by atoms with Gasteiger partial charge in [0.25, 0.3) is 0 Å². The zero-order valence-electron chi connectivity index (χ0n) is 12.5. The van der Waals surface area contributed by atoms with Gasteiger partial charge in [0.05, 0.1) is 17.6 Å². The second kappa shape index (κ2) is 5.26. The highest BCUT2D eigenvalue weighted by Crippen LogP contribution is 2.20. The van der Waals surface area contributed by atoms with Crippen molar-refractivity contribution in [1.82, 2.24) is 9.13 Å². The van der Waals surface area contributed by atoms with Crippen LogP contribution in [-0.4, -0.2) is 15.0 Å². The summed E-state index contributed by atoms with van der Waals surface area (Å²) in [6, 6.07) is 12.2. The lowest BCUT2D eigenvalue weighted by Gasteiger charge is -2.11. The van der Waals surface area contributed by atoms with E-state index in [0.29, 0.717) is 17.9 Å². The standard InChI is InChI=1S/C17H17FN4/c1-11-9-16-15(7-8-17(20)22(16)12(2)19)21(11)10-13-5-3-4-6-14(13)18/h3-9,19-20H,10H2,1-2H3. The third kappa shape index (κ3) is 2.24. The molecule has 0 saturated carbocycles. The smallest absolute Gasteiger partial charge is 0.130 e. The maximum atomic E-state index is 13.9. The SMILES string of the molecule is CC(=N)n1c(=N)ccc2c1cc(C)n2Cc1ccccc1F. The molecule has 3 rings (SSSR count). The first-order valence-corrected chi connectivity index (χ1v) is 7.04. The van der Waals surface area contributed by atoms with Crippen molar-refractivity contribution >= 4 is 16.9 Å². The predicted molar refractivity (Wildman–Crippen MR) is 84.8 cm³/mol. The predicted octanol–water partition coefficient (Wildman–Crippen LogP) is 3.26. The number of nitrogens with zero attached hydrogens (tertiary/aromatic N) is 2. The van der Waals surface area contributed by atoms with E-state index in [1.54, 1.807) is 29.7 Å². The van der Waals surface area contributed by atoms with E-state index in [4.69, 9.17) is 10.8 Å². The van der Waals surface area contributed by atoms with Gasteiger partial charge in [-0.25, -0.2) is 4.39 Å². The number of hydrogen-bond donors (Lipinski definition) is 2. The average Bonchev–Trinajstić information content (AvgIpc) is 2.76. The fourth-order valence-corrected chi connectivity index (χ4v) is 2.76. The number of aryl methyl sites for hydroxylation is 1. The summed E-state index contributed by atoms with van der Waals surface area (Å²) in [7, 11) is 0. The van der Waals surface area contributed by atoms with E-state index >= 15 is 0 Å². The van der Waals surface area contributed by atoms with Crippen LogP contribution in [0.2, 0.25) is 0 Å². The van der Waals surface area contributed by atoms with Crippen LogP contribution in [0.5, 0.6) is 0 Å². The molecule has 1 aromatic carbocycles. The molecule has 112 valence electrons. The Bertz CT molecular complexity index is 933. The Kier molecular flexibility index (Phi) is 3.41. The number of benzene rings is 1. The Morgan fingerprint density at radius 3 is 2.55 bits per heavy atom. The Morgan fingerprint density at radius 1 is 1.14 bits per heavy atom. The van der Waals surface area contributed by atoms with Gasteiger partial charge in [0.1, 0.15) is 17.1 Å². The molecule has 0 aliphatic carbocycles. The highest BCUT2D eigenvalue weighted by molar-refractivity contribution is 5.90. The molecule has 0 aliphatic heterocycles. The van der Waals surface area contributed by atoms with E-state index in [2.05, 4.69) is 0 Å². The zero-order chi connectivity index (χ0) is 15.9. The molecule has 0 radical (unpaired) electrons. The molecule has 0 aliphatic rings. The van der Waals surface area contributed by atoms with E-state index in [1.165, 1.54) is 6.07 Å². The van der Waals surface area contributed by atoms with Crippen LogP contribution >= 0.6 is 0 Å². The Labute approximate surface area is 127 Å². The molecular weight excluding hydrogens is 279 g/mol. The summed E-state index contributed by atoms with van der Waals surface area (Å²) in [6.45, 7) is 4.03. The van der Waals surface area contributed by atoms with Crippen molar-refractivity contribution in [3.8, 4) is 0 Å². The van der Waals surface area contributed by atoms with E-state index in [-0.39, 0.29) is 11.3 Å². The second-order valence-corrected chi connectivity index (χ2v) is 5.37. The highest BCUT2D eigenvalue weighted by atomic mass is 19.1. The molecule has 0 bridgehead atoms. The topological polar surface area (TPSA) is 57.6 Å².